The number of benzene rings is 3. The van der Waals surface area contributed by atoms with E-state index in [0.717, 1.165) is 28.2 Å². The van der Waals surface area contributed by atoms with Gasteiger partial charge in [-0.1, -0.05) is 36.8 Å². The van der Waals surface area contributed by atoms with E-state index in [0.29, 0.717) is 18.4 Å². The number of nitrogens with one attached hydrogen (secondary N) is 2. The predicted octanol–water partition coefficient (Wildman–Crippen LogP) is 4.10. The molecule has 200 valence electrons. The molecule has 0 atom stereocenters. The molecule has 0 saturated heterocycles. The van der Waals surface area contributed by atoms with Crippen molar-refractivity contribution in [3.63, 3.8) is 0 Å². The molecule has 3 aromatic carbocycles. The van der Waals surface area contributed by atoms with Crippen molar-refractivity contribution in [2.45, 2.75) is 36.5 Å². The van der Waals surface area contributed by atoms with Crippen LogP contribution in [0.1, 0.15) is 23.9 Å². The molecule has 0 spiro atoms. The Morgan fingerprint density at radius 2 is 1.61 bits per heavy atom. The maximum absolute atomic E-state index is 12.4. The van der Waals surface area contributed by atoms with Crippen molar-refractivity contribution in [1.82, 2.24) is 19.6 Å². The normalized spacial score (nSPS) is 12.0. The summed E-state index contributed by atoms with van der Waals surface area (Å²) in [6, 6.07) is 17.9. The Labute approximate surface area is 226 Å². The van der Waals surface area contributed by atoms with Crippen molar-refractivity contribution in [3.05, 3.63) is 83.7 Å². The Bertz CT molecular complexity index is 1680. The Kier molecular flexibility index (Phi) is 8.10. The molecule has 0 fully saturated rings. The highest BCUT2D eigenvalue weighted by Gasteiger charge is 2.18. The quantitative estimate of drug-likeness (QED) is 0.290. The molecule has 0 bridgehead atoms. The third kappa shape index (κ3) is 6.01. The van der Waals surface area contributed by atoms with Gasteiger partial charge in [0.1, 0.15) is 11.0 Å². The van der Waals surface area contributed by atoms with E-state index in [-0.39, 0.29) is 16.3 Å². The zero-order valence-electron chi connectivity index (χ0n) is 20.8. The molecular weight excluding hydrogens is 548 g/mol. The first kappa shape index (κ1) is 27.6. The van der Waals surface area contributed by atoms with Crippen LogP contribution in [0.5, 0.6) is 0 Å². The summed E-state index contributed by atoms with van der Waals surface area (Å²) in [5.74, 6) is 0.779. The molecule has 2 amide bonds. The van der Waals surface area contributed by atoms with Crippen LogP contribution in [0.15, 0.2) is 76.5 Å². The van der Waals surface area contributed by atoms with Gasteiger partial charge in [0.25, 0.3) is 10.0 Å². The zero-order valence-corrected chi connectivity index (χ0v) is 23.2. The molecule has 0 saturated carbocycles. The number of halogens is 1. The third-order valence-corrected chi connectivity index (χ3v) is 9.43. The summed E-state index contributed by atoms with van der Waals surface area (Å²) in [6.45, 7) is 4.05. The van der Waals surface area contributed by atoms with Crippen molar-refractivity contribution in [3.8, 4) is 5.69 Å². The number of carbonyl (C=O) groups excluding carboxylic acids is 1. The first-order valence-corrected chi connectivity index (χ1v) is 15.5. The highest BCUT2D eigenvalue weighted by atomic mass is 35.5. The highest BCUT2D eigenvalue weighted by Crippen LogP contribution is 2.25. The number of sulfone groups is 1. The van der Waals surface area contributed by atoms with Gasteiger partial charge < -0.3 is 5.32 Å². The fraction of sp³-hybridized carbons (Fsp3) is 0.231. The minimum Gasteiger partial charge on any atom is -0.337 e. The number of imidazole rings is 1. The molecule has 2 N–H and O–H groups in total. The van der Waals surface area contributed by atoms with Gasteiger partial charge in [-0.15, -0.1) is 11.6 Å². The topological polar surface area (TPSA) is 127 Å². The lowest BCUT2D eigenvalue weighted by molar-refractivity contribution is 0.246. The first-order chi connectivity index (χ1) is 18.0. The van der Waals surface area contributed by atoms with Crippen molar-refractivity contribution in [1.29, 1.82) is 0 Å². The summed E-state index contributed by atoms with van der Waals surface area (Å²) < 4.78 is 53.0. The van der Waals surface area contributed by atoms with Crippen molar-refractivity contribution >= 4 is 48.5 Å². The Morgan fingerprint density at radius 3 is 2.24 bits per heavy atom. The van der Waals surface area contributed by atoms with Crippen LogP contribution in [-0.2, 0) is 32.7 Å². The molecule has 12 heteroatoms. The maximum atomic E-state index is 12.4. The molecule has 4 rings (SSSR count). The van der Waals surface area contributed by atoms with E-state index >= 15 is 0 Å². The van der Waals surface area contributed by atoms with E-state index in [1.807, 2.05) is 47.4 Å². The molecule has 4 aromatic rings. The number of aromatic nitrogens is 2. The Balaban J connectivity index is 1.42. The van der Waals surface area contributed by atoms with Crippen LogP contribution in [0.4, 0.5) is 4.79 Å². The SMILES string of the molecule is CCc1nc2cc(S(=O)(=O)CCl)ccc2n1-c1ccc(CCNC(=O)NS(=O)(=O)c2ccc(C)cc2)cc1. The van der Waals surface area contributed by atoms with E-state index in [1.165, 1.54) is 24.3 Å². The average Bonchev–Trinajstić information content (AvgIpc) is 3.27. The van der Waals surface area contributed by atoms with Gasteiger partial charge in [-0.3, -0.25) is 4.57 Å². The number of hydrogen-bond donors (Lipinski definition) is 2. The Hall–Kier alpha value is -3.41. The van der Waals surface area contributed by atoms with Crippen LogP contribution in [0.3, 0.4) is 0 Å². The number of hydrogen-bond acceptors (Lipinski definition) is 6. The zero-order chi connectivity index (χ0) is 27.5. The lowest BCUT2D eigenvalue weighted by atomic mass is 10.1. The molecule has 9 nitrogen and oxygen atoms in total. The first-order valence-electron chi connectivity index (χ1n) is 11.8. The fourth-order valence-electron chi connectivity index (χ4n) is 3.96. The molecular formula is C26H27ClN4O5S2. The van der Waals surface area contributed by atoms with Crippen LogP contribution in [0, 0.1) is 6.92 Å². The fourth-order valence-corrected chi connectivity index (χ4v) is 5.96. The standard InChI is InChI=1S/C26H27ClN4O5S2/c1-3-25-29-23-16-22(37(33,34)17-27)12-13-24(23)31(25)20-8-6-19(7-9-20)14-15-28-26(32)30-38(35,36)21-10-4-18(2)5-11-21/h4-13,16H,3,14-15,17H2,1-2H3,(H2,28,30,32). The number of urea groups is 1. The summed E-state index contributed by atoms with van der Waals surface area (Å²) in [6.07, 6.45) is 1.13. The summed E-state index contributed by atoms with van der Waals surface area (Å²) in [5, 5.41) is 2.07. The molecule has 0 aliphatic heterocycles. The van der Waals surface area contributed by atoms with E-state index in [4.69, 9.17) is 11.6 Å². The molecule has 0 aliphatic rings. The number of amides is 2. The Morgan fingerprint density at radius 1 is 0.947 bits per heavy atom. The third-order valence-electron chi connectivity index (χ3n) is 5.97. The summed E-state index contributed by atoms with van der Waals surface area (Å²) >= 11 is 5.60. The van der Waals surface area contributed by atoms with E-state index in [9.17, 15) is 21.6 Å². The minimum atomic E-state index is -3.95. The van der Waals surface area contributed by atoms with Gasteiger partial charge in [-0.05, 0) is 61.4 Å². The highest BCUT2D eigenvalue weighted by molar-refractivity contribution is 7.92. The average molecular weight is 575 g/mol. The second-order valence-corrected chi connectivity index (χ2v) is 12.9. The number of alkyl halides is 1. The largest absolute Gasteiger partial charge is 0.337 e. The van der Waals surface area contributed by atoms with Gasteiger partial charge >= 0.3 is 6.03 Å². The van der Waals surface area contributed by atoms with E-state index < -0.39 is 31.1 Å². The van der Waals surface area contributed by atoms with E-state index in [2.05, 4.69) is 10.3 Å². The summed E-state index contributed by atoms with van der Waals surface area (Å²) in [4.78, 5) is 16.9. The number of aryl methyl sites for hydroxylation is 2. The molecule has 0 unspecified atom stereocenters. The molecule has 1 heterocycles. The lowest BCUT2D eigenvalue weighted by Gasteiger charge is -2.11. The molecule has 0 radical (unpaired) electrons. The smallest absolute Gasteiger partial charge is 0.328 e. The van der Waals surface area contributed by atoms with Crippen LogP contribution in [0.2, 0.25) is 0 Å². The number of nitrogens with zero attached hydrogens (tertiary/aromatic N) is 2. The van der Waals surface area contributed by atoms with Crippen LogP contribution in [0.25, 0.3) is 16.7 Å². The minimum absolute atomic E-state index is 0.0178. The van der Waals surface area contributed by atoms with Crippen LogP contribution < -0.4 is 10.0 Å². The molecule has 0 aliphatic carbocycles. The van der Waals surface area contributed by atoms with Gasteiger partial charge in [-0.25, -0.2) is 31.3 Å². The van der Waals surface area contributed by atoms with Gasteiger partial charge in [0.2, 0.25) is 0 Å². The van der Waals surface area contributed by atoms with Crippen molar-refractivity contribution in [2.24, 2.45) is 0 Å². The van der Waals surface area contributed by atoms with Crippen LogP contribution >= 0.6 is 11.6 Å². The van der Waals surface area contributed by atoms with Gasteiger partial charge in [0, 0.05) is 18.7 Å². The van der Waals surface area contributed by atoms with Gasteiger partial charge in [0.15, 0.2) is 9.84 Å². The maximum Gasteiger partial charge on any atom is 0.328 e. The number of rotatable bonds is 9. The van der Waals surface area contributed by atoms with Crippen molar-refractivity contribution in [2.75, 3.05) is 11.8 Å². The lowest BCUT2D eigenvalue weighted by Crippen LogP contribution is -2.40. The second-order valence-electron chi connectivity index (χ2n) is 8.68. The number of fused-ring (bicyclic) bond motifs is 1. The summed E-state index contributed by atoms with van der Waals surface area (Å²) in [5.41, 5.74) is 4.05. The number of carbonyl (C=O) groups is 1. The monoisotopic (exact) mass is 574 g/mol. The van der Waals surface area contributed by atoms with E-state index in [1.54, 1.807) is 18.2 Å². The summed E-state index contributed by atoms with van der Waals surface area (Å²) in [7, 11) is -7.51. The molecule has 1 aromatic heterocycles. The van der Waals surface area contributed by atoms with Gasteiger partial charge in [-0.2, -0.15) is 0 Å². The predicted molar refractivity (Wildman–Crippen MR) is 147 cm³/mol. The van der Waals surface area contributed by atoms with Crippen molar-refractivity contribution < 1.29 is 21.6 Å². The van der Waals surface area contributed by atoms with Gasteiger partial charge in [0.05, 0.1) is 20.8 Å². The van der Waals surface area contributed by atoms with Crippen LogP contribution in [-0.4, -0.2) is 44.2 Å². The molecule has 38 heavy (non-hydrogen) atoms. The second kappa shape index (κ2) is 11.1. The number of sulfonamides is 1.